The lowest BCUT2D eigenvalue weighted by Crippen LogP contribution is -2.38. The molecule has 3 N–H and O–H groups in total. The van der Waals surface area contributed by atoms with E-state index in [2.05, 4.69) is 26.1 Å². The van der Waals surface area contributed by atoms with Crippen LogP contribution in [-0.4, -0.2) is 18.5 Å². The SMILES string of the molecule is CC(C)C[C@H](CN)CC(=O)NC1CCCC1C. The summed E-state index contributed by atoms with van der Waals surface area (Å²) < 4.78 is 0. The first kappa shape index (κ1) is 14.5. The molecule has 0 heterocycles. The summed E-state index contributed by atoms with van der Waals surface area (Å²) in [6.07, 6.45) is 5.28. The van der Waals surface area contributed by atoms with Crippen molar-refractivity contribution in [1.29, 1.82) is 0 Å². The monoisotopic (exact) mass is 240 g/mol. The second-order valence-corrected chi connectivity index (χ2v) is 6.02. The van der Waals surface area contributed by atoms with E-state index in [0.29, 0.717) is 36.8 Å². The quantitative estimate of drug-likeness (QED) is 0.748. The molecule has 1 amide bonds. The maximum atomic E-state index is 11.9. The number of nitrogens with one attached hydrogen (secondary N) is 1. The number of hydrogen-bond donors (Lipinski definition) is 2. The Hall–Kier alpha value is -0.570. The van der Waals surface area contributed by atoms with Crippen LogP contribution in [0.3, 0.4) is 0 Å². The highest BCUT2D eigenvalue weighted by atomic mass is 16.1. The maximum absolute atomic E-state index is 11.9. The molecule has 1 fully saturated rings. The Morgan fingerprint density at radius 2 is 2.12 bits per heavy atom. The summed E-state index contributed by atoms with van der Waals surface area (Å²) in [7, 11) is 0. The molecular weight excluding hydrogens is 212 g/mol. The smallest absolute Gasteiger partial charge is 0.220 e. The average molecular weight is 240 g/mol. The minimum Gasteiger partial charge on any atom is -0.353 e. The van der Waals surface area contributed by atoms with Crippen LogP contribution in [0.5, 0.6) is 0 Å². The third-order valence-corrected chi connectivity index (χ3v) is 3.82. The van der Waals surface area contributed by atoms with Crippen LogP contribution in [0.15, 0.2) is 0 Å². The van der Waals surface area contributed by atoms with E-state index < -0.39 is 0 Å². The molecule has 0 saturated heterocycles. The third-order valence-electron chi connectivity index (χ3n) is 3.82. The Labute approximate surface area is 106 Å². The van der Waals surface area contributed by atoms with Gasteiger partial charge in [-0.2, -0.15) is 0 Å². The van der Waals surface area contributed by atoms with Crippen LogP contribution in [0.4, 0.5) is 0 Å². The highest BCUT2D eigenvalue weighted by Crippen LogP contribution is 2.25. The predicted octanol–water partition coefficient (Wildman–Crippen LogP) is 2.30. The first-order valence-electron chi connectivity index (χ1n) is 7.02. The van der Waals surface area contributed by atoms with Gasteiger partial charge in [-0.25, -0.2) is 0 Å². The van der Waals surface area contributed by atoms with Crippen LogP contribution in [0, 0.1) is 17.8 Å². The lowest BCUT2D eigenvalue weighted by Gasteiger charge is -2.20. The standard InChI is InChI=1S/C14H28N2O/c1-10(2)7-12(9-15)8-14(17)16-13-6-4-5-11(13)3/h10-13H,4-9,15H2,1-3H3,(H,16,17)/t11?,12-,13?/m0/s1. The van der Waals surface area contributed by atoms with Gasteiger partial charge in [-0.05, 0) is 43.6 Å². The number of amides is 1. The van der Waals surface area contributed by atoms with Crippen molar-refractivity contribution in [3.63, 3.8) is 0 Å². The highest BCUT2D eigenvalue weighted by molar-refractivity contribution is 5.76. The minimum absolute atomic E-state index is 0.194. The number of carbonyl (C=O) groups excluding carboxylic acids is 1. The lowest BCUT2D eigenvalue weighted by atomic mass is 9.93. The zero-order valence-corrected chi connectivity index (χ0v) is 11.5. The van der Waals surface area contributed by atoms with Crippen LogP contribution in [0.1, 0.15) is 52.9 Å². The maximum Gasteiger partial charge on any atom is 0.220 e. The van der Waals surface area contributed by atoms with Crippen molar-refractivity contribution in [2.75, 3.05) is 6.54 Å². The van der Waals surface area contributed by atoms with Gasteiger partial charge in [-0.1, -0.05) is 27.2 Å². The fourth-order valence-electron chi connectivity index (χ4n) is 2.82. The van der Waals surface area contributed by atoms with Gasteiger partial charge >= 0.3 is 0 Å². The summed E-state index contributed by atoms with van der Waals surface area (Å²) in [5.41, 5.74) is 5.72. The molecule has 0 aromatic heterocycles. The van der Waals surface area contributed by atoms with Crippen molar-refractivity contribution in [3.05, 3.63) is 0 Å². The molecule has 0 radical (unpaired) electrons. The van der Waals surface area contributed by atoms with Crippen molar-refractivity contribution in [2.24, 2.45) is 23.5 Å². The Morgan fingerprint density at radius 3 is 2.59 bits per heavy atom. The molecule has 1 rings (SSSR count). The molecule has 3 heteroatoms. The van der Waals surface area contributed by atoms with Gasteiger partial charge in [-0.15, -0.1) is 0 Å². The molecule has 17 heavy (non-hydrogen) atoms. The van der Waals surface area contributed by atoms with Crippen molar-refractivity contribution >= 4 is 5.91 Å². The molecule has 1 aliphatic carbocycles. The van der Waals surface area contributed by atoms with E-state index in [0.717, 1.165) is 12.8 Å². The van der Waals surface area contributed by atoms with Crippen LogP contribution < -0.4 is 11.1 Å². The molecule has 0 spiro atoms. The average Bonchev–Trinajstić information content (AvgIpc) is 2.62. The molecule has 3 nitrogen and oxygen atoms in total. The van der Waals surface area contributed by atoms with Gasteiger partial charge in [0.2, 0.25) is 5.91 Å². The summed E-state index contributed by atoms with van der Waals surface area (Å²) in [6.45, 7) is 7.21. The van der Waals surface area contributed by atoms with E-state index in [-0.39, 0.29) is 5.91 Å². The summed E-state index contributed by atoms with van der Waals surface area (Å²) in [6, 6.07) is 0.403. The Balaban J connectivity index is 2.31. The van der Waals surface area contributed by atoms with Gasteiger partial charge in [0.05, 0.1) is 0 Å². The summed E-state index contributed by atoms with van der Waals surface area (Å²) in [5.74, 6) is 1.79. The van der Waals surface area contributed by atoms with Gasteiger partial charge in [0.1, 0.15) is 0 Å². The highest BCUT2D eigenvalue weighted by Gasteiger charge is 2.25. The zero-order chi connectivity index (χ0) is 12.8. The molecule has 0 aromatic carbocycles. The van der Waals surface area contributed by atoms with E-state index in [1.165, 1.54) is 12.8 Å². The third kappa shape index (κ3) is 5.07. The summed E-state index contributed by atoms with van der Waals surface area (Å²) in [4.78, 5) is 11.9. The fourth-order valence-corrected chi connectivity index (χ4v) is 2.82. The number of rotatable bonds is 6. The first-order chi connectivity index (χ1) is 8.02. The molecule has 0 aliphatic heterocycles. The molecule has 1 aliphatic rings. The van der Waals surface area contributed by atoms with Gasteiger partial charge in [0.25, 0.3) is 0 Å². The number of nitrogens with two attached hydrogens (primary N) is 1. The van der Waals surface area contributed by atoms with Crippen LogP contribution in [-0.2, 0) is 4.79 Å². The van der Waals surface area contributed by atoms with E-state index in [4.69, 9.17) is 5.73 Å². The van der Waals surface area contributed by atoms with Crippen molar-refractivity contribution < 1.29 is 4.79 Å². The van der Waals surface area contributed by atoms with E-state index in [1.54, 1.807) is 0 Å². The second kappa shape index (κ2) is 7.00. The van der Waals surface area contributed by atoms with Gasteiger partial charge in [0, 0.05) is 12.5 Å². The molecule has 0 aromatic rings. The lowest BCUT2D eigenvalue weighted by molar-refractivity contribution is -0.123. The number of carbonyl (C=O) groups is 1. The fraction of sp³-hybridized carbons (Fsp3) is 0.929. The Kier molecular flexibility index (Phi) is 5.96. The molecule has 2 unspecified atom stereocenters. The molecule has 3 atom stereocenters. The number of hydrogen-bond acceptors (Lipinski definition) is 2. The van der Waals surface area contributed by atoms with Crippen molar-refractivity contribution in [2.45, 2.75) is 58.9 Å². The van der Waals surface area contributed by atoms with Crippen LogP contribution in [0.25, 0.3) is 0 Å². The van der Waals surface area contributed by atoms with Gasteiger partial charge in [-0.3, -0.25) is 4.79 Å². The molecular formula is C14H28N2O. The van der Waals surface area contributed by atoms with Crippen molar-refractivity contribution in [3.8, 4) is 0 Å². The Bertz CT molecular complexity index is 240. The first-order valence-corrected chi connectivity index (χ1v) is 7.02. The second-order valence-electron chi connectivity index (χ2n) is 6.02. The minimum atomic E-state index is 0.194. The van der Waals surface area contributed by atoms with E-state index >= 15 is 0 Å². The van der Waals surface area contributed by atoms with E-state index in [9.17, 15) is 4.79 Å². The van der Waals surface area contributed by atoms with Crippen molar-refractivity contribution in [1.82, 2.24) is 5.32 Å². The van der Waals surface area contributed by atoms with E-state index in [1.807, 2.05) is 0 Å². The normalized spacial score (nSPS) is 26.2. The summed E-state index contributed by atoms with van der Waals surface area (Å²) >= 11 is 0. The Morgan fingerprint density at radius 1 is 1.41 bits per heavy atom. The predicted molar refractivity (Wildman–Crippen MR) is 71.6 cm³/mol. The van der Waals surface area contributed by atoms with Gasteiger partial charge in [0.15, 0.2) is 0 Å². The molecule has 0 bridgehead atoms. The topological polar surface area (TPSA) is 55.1 Å². The van der Waals surface area contributed by atoms with Crippen LogP contribution >= 0.6 is 0 Å². The van der Waals surface area contributed by atoms with Crippen LogP contribution in [0.2, 0.25) is 0 Å². The summed E-state index contributed by atoms with van der Waals surface area (Å²) in [5, 5.41) is 3.17. The largest absolute Gasteiger partial charge is 0.353 e. The molecule has 100 valence electrons. The molecule has 1 saturated carbocycles. The zero-order valence-electron chi connectivity index (χ0n) is 11.5. The van der Waals surface area contributed by atoms with Gasteiger partial charge < -0.3 is 11.1 Å².